The fraction of sp³-hybridized carbons (Fsp3) is 0.500. The Labute approximate surface area is 117 Å². The number of halogens is 4. The lowest BCUT2D eigenvalue weighted by molar-refractivity contribution is -0.139. The first kappa shape index (κ1) is 14.6. The summed E-state index contributed by atoms with van der Waals surface area (Å²) in [6.07, 6.45) is -4.66. The van der Waals surface area contributed by atoms with E-state index in [0.29, 0.717) is 17.6 Å². The van der Waals surface area contributed by atoms with E-state index in [9.17, 15) is 13.2 Å². The summed E-state index contributed by atoms with van der Waals surface area (Å²) < 4.78 is 49.5. The average Bonchev–Trinajstić information content (AvgIpc) is 2.37. The molecule has 1 aliphatic rings. The zero-order chi connectivity index (χ0) is 13.9. The van der Waals surface area contributed by atoms with E-state index in [2.05, 4.69) is 21.2 Å². The van der Waals surface area contributed by atoms with Crippen molar-refractivity contribution in [3.05, 3.63) is 28.2 Å². The van der Waals surface area contributed by atoms with E-state index in [-0.39, 0.29) is 18.5 Å². The fourth-order valence-corrected chi connectivity index (χ4v) is 2.12. The number of morpholine rings is 1. The standard InChI is InChI=1S/C12H13BrF3NO2/c13-8-1-2-11(10(5-8)12(14,15)16)19-7-9-6-17-3-4-18-9/h1-2,5,9,17H,3-4,6-7H2. The minimum Gasteiger partial charge on any atom is -0.490 e. The fourth-order valence-electron chi connectivity index (χ4n) is 1.76. The molecule has 1 fully saturated rings. The molecule has 0 amide bonds. The molecule has 1 heterocycles. The molecule has 0 aromatic heterocycles. The van der Waals surface area contributed by atoms with Crippen LogP contribution in [0.5, 0.6) is 5.75 Å². The maximum absolute atomic E-state index is 12.8. The molecular formula is C12H13BrF3NO2. The number of nitrogens with one attached hydrogen (secondary N) is 1. The Kier molecular flexibility index (Phi) is 4.70. The average molecular weight is 340 g/mol. The van der Waals surface area contributed by atoms with Crippen molar-refractivity contribution in [2.45, 2.75) is 12.3 Å². The molecular weight excluding hydrogens is 327 g/mol. The largest absolute Gasteiger partial charge is 0.490 e. The van der Waals surface area contributed by atoms with Crippen LogP contribution in [0, 0.1) is 0 Å². The van der Waals surface area contributed by atoms with Crippen LogP contribution in [0.15, 0.2) is 22.7 Å². The molecule has 1 N–H and O–H groups in total. The first-order valence-corrected chi connectivity index (χ1v) is 6.58. The summed E-state index contributed by atoms with van der Waals surface area (Å²) in [4.78, 5) is 0. The van der Waals surface area contributed by atoms with E-state index >= 15 is 0 Å². The second-order valence-corrected chi connectivity index (χ2v) is 5.06. The predicted octanol–water partition coefficient (Wildman–Crippen LogP) is 2.84. The topological polar surface area (TPSA) is 30.5 Å². The molecule has 0 bridgehead atoms. The number of hydrogen-bond acceptors (Lipinski definition) is 3. The number of alkyl halides is 3. The molecule has 3 nitrogen and oxygen atoms in total. The van der Waals surface area contributed by atoms with Crippen LogP contribution < -0.4 is 10.1 Å². The monoisotopic (exact) mass is 339 g/mol. The van der Waals surface area contributed by atoms with Crippen molar-refractivity contribution < 1.29 is 22.6 Å². The molecule has 1 aromatic carbocycles. The van der Waals surface area contributed by atoms with Gasteiger partial charge < -0.3 is 14.8 Å². The number of ether oxygens (including phenoxy) is 2. The van der Waals surface area contributed by atoms with Crippen LogP contribution >= 0.6 is 15.9 Å². The SMILES string of the molecule is FC(F)(F)c1cc(Br)ccc1OCC1CNCCO1. The molecule has 1 unspecified atom stereocenters. The van der Waals surface area contributed by atoms with E-state index in [0.717, 1.165) is 12.6 Å². The van der Waals surface area contributed by atoms with Crippen LogP contribution in [0.1, 0.15) is 5.56 Å². The maximum atomic E-state index is 12.8. The summed E-state index contributed by atoms with van der Waals surface area (Å²) in [6.45, 7) is 1.97. The van der Waals surface area contributed by atoms with E-state index in [4.69, 9.17) is 9.47 Å². The number of rotatable bonds is 3. The summed E-state index contributed by atoms with van der Waals surface area (Å²) in [7, 11) is 0. The molecule has 7 heteroatoms. The van der Waals surface area contributed by atoms with Crippen molar-refractivity contribution in [2.75, 3.05) is 26.3 Å². The summed E-state index contributed by atoms with van der Waals surface area (Å²) in [5.74, 6) is -0.176. The molecule has 0 saturated carbocycles. The highest BCUT2D eigenvalue weighted by molar-refractivity contribution is 9.10. The zero-order valence-electron chi connectivity index (χ0n) is 9.97. The Balaban J connectivity index is 2.06. The Hall–Kier alpha value is -0.790. The molecule has 1 atom stereocenters. The van der Waals surface area contributed by atoms with Crippen molar-refractivity contribution in [2.24, 2.45) is 0 Å². The van der Waals surface area contributed by atoms with Gasteiger partial charge in [-0.1, -0.05) is 15.9 Å². The van der Waals surface area contributed by atoms with Gasteiger partial charge in [0.25, 0.3) is 0 Å². The number of benzene rings is 1. The quantitative estimate of drug-likeness (QED) is 0.918. The maximum Gasteiger partial charge on any atom is 0.420 e. The third kappa shape index (κ3) is 4.09. The van der Waals surface area contributed by atoms with Gasteiger partial charge in [-0.2, -0.15) is 13.2 Å². The molecule has 0 radical (unpaired) electrons. The van der Waals surface area contributed by atoms with Gasteiger partial charge >= 0.3 is 6.18 Å². The molecule has 1 aromatic rings. The highest BCUT2D eigenvalue weighted by atomic mass is 79.9. The van der Waals surface area contributed by atoms with Crippen LogP contribution in [-0.2, 0) is 10.9 Å². The highest BCUT2D eigenvalue weighted by Crippen LogP contribution is 2.37. The Bertz CT molecular complexity index is 433. The minimum absolute atomic E-state index is 0.0950. The minimum atomic E-state index is -4.44. The summed E-state index contributed by atoms with van der Waals surface area (Å²) in [5, 5.41) is 3.09. The van der Waals surface area contributed by atoms with Gasteiger partial charge in [0.15, 0.2) is 0 Å². The van der Waals surface area contributed by atoms with Crippen molar-refractivity contribution in [1.29, 1.82) is 0 Å². The van der Waals surface area contributed by atoms with Crippen molar-refractivity contribution in [3.63, 3.8) is 0 Å². The van der Waals surface area contributed by atoms with Crippen molar-refractivity contribution in [1.82, 2.24) is 5.32 Å². The zero-order valence-corrected chi connectivity index (χ0v) is 11.6. The van der Waals surface area contributed by atoms with Crippen LogP contribution in [0.25, 0.3) is 0 Å². The van der Waals surface area contributed by atoms with E-state index in [1.165, 1.54) is 12.1 Å². The lowest BCUT2D eigenvalue weighted by Crippen LogP contribution is -2.41. The molecule has 1 aliphatic heterocycles. The van der Waals surface area contributed by atoms with E-state index in [1.54, 1.807) is 0 Å². The van der Waals surface area contributed by atoms with Gasteiger partial charge in [0.1, 0.15) is 18.5 Å². The van der Waals surface area contributed by atoms with Gasteiger partial charge in [0.2, 0.25) is 0 Å². The van der Waals surface area contributed by atoms with Gasteiger partial charge in [-0.3, -0.25) is 0 Å². The Morgan fingerprint density at radius 2 is 2.21 bits per heavy atom. The molecule has 106 valence electrons. The van der Waals surface area contributed by atoms with Crippen LogP contribution in [0.2, 0.25) is 0 Å². The number of hydrogen-bond donors (Lipinski definition) is 1. The summed E-state index contributed by atoms with van der Waals surface area (Å²) >= 11 is 3.03. The lowest BCUT2D eigenvalue weighted by Gasteiger charge is -2.24. The second kappa shape index (κ2) is 6.11. The van der Waals surface area contributed by atoms with Gasteiger partial charge in [0.05, 0.1) is 12.2 Å². The first-order valence-electron chi connectivity index (χ1n) is 5.78. The van der Waals surface area contributed by atoms with Gasteiger partial charge in [0, 0.05) is 17.6 Å². The summed E-state index contributed by atoms with van der Waals surface area (Å²) in [5.41, 5.74) is -0.786. The smallest absolute Gasteiger partial charge is 0.420 e. The van der Waals surface area contributed by atoms with Gasteiger partial charge in [-0.15, -0.1) is 0 Å². The normalized spacial score (nSPS) is 20.3. The van der Waals surface area contributed by atoms with E-state index < -0.39 is 11.7 Å². The van der Waals surface area contributed by atoms with E-state index in [1.807, 2.05) is 0 Å². The van der Waals surface area contributed by atoms with Gasteiger partial charge in [-0.25, -0.2) is 0 Å². The first-order chi connectivity index (χ1) is 8.97. The third-order valence-corrected chi connectivity index (χ3v) is 3.17. The van der Waals surface area contributed by atoms with Crippen molar-refractivity contribution >= 4 is 15.9 Å². The van der Waals surface area contributed by atoms with Crippen molar-refractivity contribution in [3.8, 4) is 5.75 Å². The molecule has 1 saturated heterocycles. The second-order valence-electron chi connectivity index (χ2n) is 4.15. The van der Waals surface area contributed by atoms with Crippen LogP contribution in [0.4, 0.5) is 13.2 Å². The van der Waals surface area contributed by atoms with Crippen LogP contribution in [-0.4, -0.2) is 32.4 Å². The molecule has 0 spiro atoms. The molecule has 19 heavy (non-hydrogen) atoms. The van der Waals surface area contributed by atoms with Gasteiger partial charge in [-0.05, 0) is 18.2 Å². The Morgan fingerprint density at radius 3 is 2.84 bits per heavy atom. The predicted molar refractivity (Wildman–Crippen MR) is 67.2 cm³/mol. The Morgan fingerprint density at radius 1 is 1.42 bits per heavy atom. The van der Waals surface area contributed by atoms with Crippen LogP contribution in [0.3, 0.4) is 0 Å². The molecule has 0 aliphatic carbocycles. The highest BCUT2D eigenvalue weighted by Gasteiger charge is 2.34. The summed E-state index contributed by atoms with van der Waals surface area (Å²) in [6, 6.07) is 3.84. The molecule has 2 rings (SSSR count). The lowest BCUT2D eigenvalue weighted by atomic mass is 10.2. The third-order valence-electron chi connectivity index (χ3n) is 2.68.